The fourth-order valence-corrected chi connectivity index (χ4v) is 7.92. The van der Waals surface area contributed by atoms with E-state index >= 15 is 0 Å². The minimum Gasteiger partial charge on any atom is -0.0622 e. The molecule has 0 saturated heterocycles. The molecule has 0 heterocycles. The van der Waals surface area contributed by atoms with E-state index in [0.29, 0.717) is 0 Å². The Labute approximate surface area is 251 Å². The second-order valence-electron chi connectivity index (χ2n) is 12.5. The molecule has 8 aromatic carbocycles. The summed E-state index contributed by atoms with van der Waals surface area (Å²) in [4.78, 5) is 0. The Morgan fingerprint density at radius 3 is 1.74 bits per heavy atom. The van der Waals surface area contributed by atoms with Crippen LogP contribution >= 0.6 is 0 Å². The molecule has 0 saturated carbocycles. The van der Waals surface area contributed by atoms with Crippen molar-refractivity contribution in [1.82, 2.24) is 0 Å². The second kappa shape index (κ2) is 8.90. The highest BCUT2D eigenvalue weighted by Crippen LogP contribution is 2.53. The number of rotatable bonds is 2. The van der Waals surface area contributed by atoms with Gasteiger partial charge in [0.15, 0.2) is 0 Å². The Bertz CT molecular complexity index is 2410. The molecule has 0 bridgehead atoms. The number of hydrogen-bond donors (Lipinski definition) is 0. The summed E-state index contributed by atoms with van der Waals surface area (Å²) >= 11 is 0. The van der Waals surface area contributed by atoms with Crippen molar-refractivity contribution in [3.05, 3.63) is 157 Å². The molecule has 0 spiro atoms. The van der Waals surface area contributed by atoms with Crippen LogP contribution in [0.5, 0.6) is 0 Å². The van der Waals surface area contributed by atoms with E-state index in [9.17, 15) is 0 Å². The summed E-state index contributed by atoms with van der Waals surface area (Å²) in [5.74, 6) is 0. The van der Waals surface area contributed by atoms with Gasteiger partial charge in [-0.2, -0.15) is 0 Å². The minimum atomic E-state index is -0.107. The van der Waals surface area contributed by atoms with Crippen LogP contribution in [0.25, 0.3) is 76.5 Å². The fraction of sp³-hybridized carbons (Fsp3) is 0.0698. The molecule has 0 nitrogen and oxygen atoms in total. The molecule has 8 aromatic rings. The lowest BCUT2D eigenvalue weighted by Crippen LogP contribution is -2.15. The van der Waals surface area contributed by atoms with Gasteiger partial charge in [-0.05, 0) is 93.7 Å². The molecule has 0 aliphatic heterocycles. The van der Waals surface area contributed by atoms with Crippen molar-refractivity contribution in [2.24, 2.45) is 0 Å². The average Bonchev–Trinajstić information content (AvgIpc) is 3.29. The van der Waals surface area contributed by atoms with E-state index in [1.165, 1.54) is 87.6 Å². The van der Waals surface area contributed by atoms with Crippen LogP contribution in [0.1, 0.15) is 25.0 Å². The third kappa shape index (κ3) is 3.38. The van der Waals surface area contributed by atoms with Crippen molar-refractivity contribution in [1.29, 1.82) is 0 Å². The quantitative estimate of drug-likeness (QED) is 0.149. The lowest BCUT2D eigenvalue weighted by atomic mass is 9.79. The van der Waals surface area contributed by atoms with Gasteiger partial charge in [0.25, 0.3) is 0 Å². The van der Waals surface area contributed by atoms with Gasteiger partial charge in [0, 0.05) is 5.41 Å². The zero-order valence-corrected chi connectivity index (χ0v) is 24.4. The van der Waals surface area contributed by atoms with Crippen LogP contribution in [0, 0.1) is 0 Å². The number of hydrogen-bond acceptors (Lipinski definition) is 0. The normalized spacial score (nSPS) is 13.5. The van der Waals surface area contributed by atoms with Crippen LogP contribution < -0.4 is 0 Å². The van der Waals surface area contributed by atoms with Gasteiger partial charge in [-0.1, -0.05) is 153 Å². The molecule has 0 aromatic heterocycles. The van der Waals surface area contributed by atoms with Crippen molar-refractivity contribution < 1.29 is 0 Å². The summed E-state index contributed by atoms with van der Waals surface area (Å²) in [5.41, 5.74) is 10.6. The molecule has 0 heteroatoms. The maximum Gasteiger partial charge on any atom is 0.0165 e. The fourth-order valence-electron chi connectivity index (χ4n) is 7.92. The molecular formula is C43H30. The van der Waals surface area contributed by atoms with Crippen LogP contribution in [0.4, 0.5) is 0 Å². The SMILES string of the molecule is CC1(C)c2cc(-c3c4ccccc4c(-c4ccccc4)c4c3ccc3ccccc34)ccc2-c2ccc3ccccc3c21. The van der Waals surface area contributed by atoms with Crippen LogP contribution in [0.3, 0.4) is 0 Å². The van der Waals surface area contributed by atoms with Crippen LogP contribution in [0.2, 0.25) is 0 Å². The molecular weight excluding hydrogens is 516 g/mol. The van der Waals surface area contributed by atoms with Crippen molar-refractivity contribution in [3.63, 3.8) is 0 Å². The van der Waals surface area contributed by atoms with E-state index < -0.39 is 0 Å². The highest BCUT2D eigenvalue weighted by molar-refractivity contribution is 6.28. The zero-order valence-electron chi connectivity index (χ0n) is 24.4. The Balaban J connectivity index is 1.40. The van der Waals surface area contributed by atoms with Crippen LogP contribution in [0.15, 0.2) is 146 Å². The summed E-state index contributed by atoms with van der Waals surface area (Å²) in [6.45, 7) is 4.80. The topological polar surface area (TPSA) is 0 Å². The first-order valence-corrected chi connectivity index (χ1v) is 15.2. The van der Waals surface area contributed by atoms with E-state index in [-0.39, 0.29) is 5.41 Å². The van der Waals surface area contributed by atoms with Crippen LogP contribution in [-0.4, -0.2) is 0 Å². The summed E-state index contributed by atoms with van der Waals surface area (Å²) < 4.78 is 0. The molecule has 0 atom stereocenters. The highest BCUT2D eigenvalue weighted by atomic mass is 14.4. The maximum atomic E-state index is 2.49. The first-order chi connectivity index (χ1) is 21.1. The Morgan fingerprint density at radius 2 is 0.977 bits per heavy atom. The average molecular weight is 547 g/mol. The van der Waals surface area contributed by atoms with E-state index in [1.807, 2.05) is 0 Å². The first-order valence-electron chi connectivity index (χ1n) is 15.2. The van der Waals surface area contributed by atoms with Gasteiger partial charge in [0.05, 0.1) is 0 Å². The lowest BCUT2D eigenvalue weighted by Gasteiger charge is -2.24. The molecule has 0 fully saturated rings. The monoisotopic (exact) mass is 546 g/mol. The predicted molar refractivity (Wildman–Crippen MR) is 185 cm³/mol. The number of benzene rings is 8. The van der Waals surface area contributed by atoms with E-state index in [0.717, 1.165) is 0 Å². The largest absolute Gasteiger partial charge is 0.0622 e. The summed E-state index contributed by atoms with van der Waals surface area (Å²) in [6, 6.07) is 54.1. The summed E-state index contributed by atoms with van der Waals surface area (Å²) in [5, 5.41) is 10.4. The van der Waals surface area contributed by atoms with Gasteiger partial charge >= 0.3 is 0 Å². The molecule has 1 aliphatic rings. The third-order valence-corrected chi connectivity index (χ3v) is 9.80. The van der Waals surface area contributed by atoms with Crippen molar-refractivity contribution in [2.45, 2.75) is 19.3 Å². The second-order valence-corrected chi connectivity index (χ2v) is 12.5. The summed E-state index contributed by atoms with van der Waals surface area (Å²) in [6.07, 6.45) is 0. The van der Waals surface area contributed by atoms with E-state index in [4.69, 9.17) is 0 Å². The van der Waals surface area contributed by atoms with Crippen molar-refractivity contribution in [2.75, 3.05) is 0 Å². The van der Waals surface area contributed by atoms with Gasteiger partial charge in [0.1, 0.15) is 0 Å². The molecule has 0 N–H and O–H groups in total. The highest BCUT2D eigenvalue weighted by Gasteiger charge is 2.37. The van der Waals surface area contributed by atoms with Gasteiger partial charge in [0.2, 0.25) is 0 Å². The van der Waals surface area contributed by atoms with E-state index in [1.54, 1.807) is 0 Å². The Morgan fingerprint density at radius 1 is 0.395 bits per heavy atom. The van der Waals surface area contributed by atoms with Crippen LogP contribution in [-0.2, 0) is 5.41 Å². The van der Waals surface area contributed by atoms with Crippen molar-refractivity contribution in [3.8, 4) is 33.4 Å². The zero-order chi connectivity index (χ0) is 28.7. The van der Waals surface area contributed by atoms with Crippen molar-refractivity contribution >= 4 is 43.1 Å². The molecule has 9 rings (SSSR count). The molecule has 0 unspecified atom stereocenters. The predicted octanol–water partition coefficient (Wildman–Crippen LogP) is 11.9. The molecule has 0 amide bonds. The molecule has 202 valence electrons. The smallest absolute Gasteiger partial charge is 0.0165 e. The van der Waals surface area contributed by atoms with Gasteiger partial charge in [-0.3, -0.25) is 0 Å². The first kappa shape index (κ1) is 24.4. The maximum absolute atomic E-state index is 2.49. The molecule has 43 heavy (non-hydrogen) atoms. The van der Waals surface area contributed by atoms with Gasteiger partial charge < -0.3 is 0 Å². The number of fused-ring (bicyclic) bond motifs is 9. The lowest BCUT2D eigenvalue weighted by molar-refractivity contribution is 0.666. The standard InChI is InChI=1S/C43H30/c1-43(2)38-26-30(22-23-33(38)36-24-20-28-13-7-9-17-32(28)42(36)43)39-34-18-10-11-19-35(34)40(29-14-4-3-5-15-29)41-31-16-8-6-12-27(31)21-25-37(39)41/h3-26H,1-2H3. The molecule has 1 aliphatic carbocycles. The minimum absolute atomic E-state index is 0.107. The summed E-state index contributed by atoms with van der Waals surface area (Å²) in [7, 11) is 0. The molecule has 0 radical (unpaired) electrons. The Kier molecular flexibility index (Phi) is 5.05. The van der Waals surface area contributed by atoms with Gasteiger partial charge in [-0.15, -0.1) is 0 Å². The Hall–Kier alpha value is -5.20. The third-order valence-electron chi connectivity index (χ3n) is 9.80. The van der Waals surface area contributed by atoms with Gasteiger partial charge in [-0.25, -0.2) is 0 Å². The van der Waals surface area contributed by atoms with E-state index in [2.05, 4.69) is 159 Å².